The summed E-state index contributed by atoms with van der Waals surface area (Å²) in [5.74, 6) is 0.843. The Bertz CT molecular complexity index is 398. The SMILES string of the molecule is COC1=CC(OC)C(OC)c2ccccc21. The summed E-state index contributed by atoms with van der Waals surface area (Å²) >= 11 is 0. The van der Waals surface area contributed by atoms with Crippen LogP contribution in [0.1, 0.15) is 17.2 Å². The van der Waals surface area contributed by atoms with Crippen molar-refractivity contribution in [2.75, 3.05) is 21.3 Å². The lowest BCUT2D eigenvalue weighted by Gasteiger charge is -2.29. The minimum absolute atomic E-state index is 0.0694. The first-order valence-electron chi connectivity index (χ1n) is 5.22. The number of ether oxygens (including phenoxy) is 3. The number of hydrogen-bond donors (Lipinski definition) is 0. The highest BCUT2D eigenvalue weighted by Crippen LogP contribution is 2.36. The Kier molecular flexibility index (Phi) is 3.27. The van der Waals surface area contributed by atoms with E-state index in [1.54, 1.807) is 21.3 Å². The van der Waals surface area contributed by atoms with Gasteiger partial charge < -0.3 is 14.2 Å². The summed E-state index contributed by atoms with van der Waals surface area (Å²) in [4.78, 5) is 0. The van der Waals surface area contributed by atoms with Crippen LogP contribution in [0, 0.1) is 0 Å². The second-order valence-corrected chi connectivity index (χ2v) is 3.68. The average Bonchev–Trinajstić information content (AvgIpc) is 2.36. The van der Waals surface area contributed by atoms with Gasteiger partial charge >= 0.3 is 0 Å². The molecule has 16 heavy (non-hydrogen) atoms. The molecule has 0 aliphatic heterocycles. The zero-order chi connectivity index (χ0) is 11.5. The molecule has 0 saturated heterocycles. The summed E-state index contributed by atoms with van der Waals surface area (Å²) < 4.78 is 16.3. The van der Waals surface area contributed by atoms with Crippen molar-refractivity contribution in [3.05, 3.63) is 41.5 Å². The van der Waals surface area contributed by atoms with Gasteiger partial charge in [-0.15, -0.1) is 0 Å². The molecule has 86 valence electrons. The molecule has 1 aliphatic carbocycles. The van der Waals surface area contributed by atoms with Crippen molar-refractivity contribution in [1.29, 1.82) is 0 Å². The Labute approximate surface area is 95.6 Å². The molecule has 0 spiro atoms. The van der Waals surface area contributed by atoms with Crippen molar-refractivity contribution >= 4 is 5.76 Å². The van der Waals surface area contributed by atoms with Crippen molar-refractivity contribution in [1.82, 2.24) is 0 Å². The molecule has 0 bridgehead atoms. The van der Waals surface area contributed by atoms with Crippen LogP contribution in [0.3, 0.4) is 0 Å². The molecule has 2 unspecified atom stereocenters. The van der Waals surface area contributed by atoms with Crippen molar-refractivity contribution < 1.29 is 14.2 Å². The summed E-state index contributed by atoms with van der Waals surface area (Å²) in [5.41, 5.74) is 2.18. The standard InChI is InChI=1S/C13H16O3/c1-14-11-8-12(15-2)13(16-3)10-7-5-4-6-9(10)11/h4-8,12-13H,1-3H3. The third-order valence-electron chi connectivity index (χ3n) is 2.89. The minimum Gasteiger partial charge on any atom is -0.496 e. The van der Waals surface area contributed by atoms with E-state index >= 15 is 0 Å². The van der Waals surface area contributed by atoms with E-state index in [9.17, 15) is 0 Å². The molecule has 2 rings (SSSR count). The molecule has 0 radical (unpaired) electrons. The number of rotatable bonds is 3. The molecule has 0 N–H and O–H groups in total. The fraction of sp³-hybridized carbons (Fsp3) is 0.385. The van der Waals surface area contributed by atoms with Crippen molar-refractivity contribution in [2.24, 2.45) is 0 Å². The summed E-state index contributed by atoms with van der Waals surface area (Å²) in [7, 11) is 5.04. The predicted molar refractivity (Wildman–Crippen MR) is 62.0 cm³/mol. The van der Waals surface area contributed by atoms with Crippen LogP contribution in [0.2, 0.25) is 0 Å². The van der Waals surface area contributed by atoms with Crippen LogP contribution in [0.25, 0.3) is 5.76 Å². The van der Waals surface area contributed by atoms with Gasteiger partial charge in [0, 0.05) is 19.8 Å². The normalized spacial score (nSPS) is 23.6. The zero-order valence-corrected chi connectivity index (χ0v) is 9.77. The van der Waals surface area contributed by atoms with Crippen molar-refractivity contribution in [3.63, 3.8) is 0 Å². The molecule has 0 heterocycles. The van der Waals surface area contributed by atoms with E-state index in [1.165, 1.54) is 0 Å². The van der Waals surface area contributed by atoms with E-state index < -0.39 is 0 Å². The van der Waals surface area contributed by atoms with E-state index in [0.717, 1.165) is 16.9 Å². The van der Waals surface area contributed by atoms with Crippen LogP contribution in [0.5, 0.6) is 0 Å². The van der Waals surface area contributed by atoms with Gasteiger partial charge in [0.1, 0.15) is 18.0 Å². The first-order chi connectivity index (χ1) is 7.81. The van der Waals surface area contributed by atoms with E-state index in [0.29, 0.717) is 0 Å². The lowest BCUT2D eigenvalue weighted by Crippen LogP contribution is -2.25. The van der Waals surface area contributed by atoms with E-state index in [2.05, 4.69) is 0 Å². The predicted octanol–water partition coefficient (Wildman–Crippen LogP) is 2.39. The minimum atomic E-state index is -0.102. The van der Waals surface area contributed by atoms with Gasteiger partial charge in [0.05, 0.1) is 7.11 Å². The number of benzene rings is 1. The Morgan fingerprint density at radius 1 is 1.00 bits per heavy atom. The lowest BCUT2D eigenvalue weighted by molar-refractivity contribution is -0.0155. The topological polar surface area (TPSA) is 27.7 Å². The number of hydrogen-bond acceptors (Lipinski definition) is 3. The molecule has 1 aromatic carbocycles. The summed E-state index contributed by atoms with van der Waals surface area (Å²) in [6.07, 6.45) is 1.78. The maximum atomic E-state index is 5.49. The average molecular weight is 220 g/mol. The summed E-state index contributed by atoms with van der Waals surface area (Å²) in [5, 5.41) is 0. The molecule has 1 aliphatic rings. The van der Waals surface area contributed by atoms with Gasteiger partial charge in [-0.2, -0.15) is 0 Å². The van der Waals surface area contributed by atoms with Crippen LogP contribution in [0.4, 0.5) is 0 Å². The van der Waals surface area contributed by atoms with Crippen LogP contribution in [-0.4, -0.2) is 27.4 Å². The maximum absolute atomic E-state index is 5.49. The third-order valence-corrected chi connectivity index (χ3v) is 2.89. The van der Waals surface area contributed by atoms with Crippen molar-refractivity contribution in [2.45, 2.75) is 12.2 Å². The van der Waals surface area contributed by atoms with E-state index in [-0.39, 0.29) is 12.2 Å². The Balaban J connectivity index is 2.50. The zero-order valence-electron chi connectivity index (χ0n) is 9.77. The first kappa shape index (κ1) is 11.2. The number of fused-ring (bicyclic) bond motifs is 1. The molecule has 0 saturated carbocycles. The van der Waals surface area contributed by atoms with Gasteiger partial charge in [-0.3, -0.25) is 0 Å². The van der Waals surface area contributed by atoms with Crippen LogP contribution < -0.4 is 0 Å². The van der Waals surface area contributed by atoms with Gasteiger partial charge in [0.15, 0.2) is 0 Å². The monoisotopic (exact) mass is 220 g/mol. The summed E-state index contributed by atoms with van der Waals surface area (Å²) in [6, 6.07) is 8.06. The van der Waals surface area contributed by atoms with E-state index in [1.807, 2.05) is 30.3 Å². The molecular weight excluding hydrogens is 204 g/mol. The Hall–Kier alpha value is -1.32. The molecule has 2 atom stereocenters. The van der Waals surface area contributed by atoms with Crippen LogP contribution in [-0.2, 0) is 14.2 Å². The van der Waals surface area contributed by atoms with Crippen molar-refractivity contribution in [3.8, 4) is 0 Å². The van der Waals surface area contributed by atoms with Gasteiger partial charge in [-0.05, 0) is 11.6 Å². The molecule has 1 aromatic rings. The quantitative estimate of drug-likeness (QED) is 0.782. The first-order valence-corrected chi connectivity index (χ1v) is 5.22. The smallest absolute Gasteiger partial charge is 0.125 e. The molecule has 0 amide bonds. The second-order valence-electron chi connectivity index (χ2n) is 3.68. The fourth-order valence-corrected chi connectivity index (χ4v) is 2.10. The van der Waals surface area contributed by atoms with Crippen LogP contribution >= 0.6 is 0 Å². The van der Waals surface area contributed by atoms with Gasteiger partial charge in [0.25, 0.3) is 0 Å². The maximum Gasteiger partial charge on any atom is 0.125 e. The van der Waals surface area contributed by atoms with Gasteiger partial charge in [-0.1, -0.05) is 24.3 Å². The molecule has 3 nitrogen and oxygen atoms in total. The van der Waals surface area contributed by atoms with Crippen LogP contribution in [0.15, 0.2) is 30.3 Å². The van der Waals surface area contributed by atoms with E-state index in [4.69, 9.17) is 14.2 Å². The third kappa shape index (κ3) is 1.72. The lowest BCUT2D eigenvalue weighted by atomic mass is 9.91. The highest BCUT2D eigenvalue weighted by atomic mass is 16.5. The summed E-state index contributed by atoms with van der Waals surface area (Å²) in [6.45, 7) is 0. The molecular formula is C13H16O3. The molecule has 0 aromatic heterocycles. The molecule has 3 heteroatoms. The van der Waals surface area contributed by atoms with Gasteiger partial charge in [0.2, 0.25) is 0 Å². The Morgan fingerprint density at radius 3 is 2.38 bits per heavy atom. The highest BCUT2D eigenvalue weighted by molar-refractivity contribution is 5.66. The molecule has 0 fully saturated rings. The van der Waals surface area contributed by atoms with Gasteiger partial charge in [-0.25, -0.2) is 0 Å². The second kappa shape index (κ2) is 4.68. The Morgan fingerprint density at radius 2 is 1.75 bits per heavy atom. The largest absolute Gasteiger partial charge is 0.496 e. The highest BCUT2D eigenvalue weighted by Gasteiger charge is 2.29. The number of methoxy groups -OCH3 is 3. The fourth-order valence-electron chi connectivity index (χ4n) is 2.10.